The van der Waals surface area contributed by atoms with E-state index in [0.717, 1.165) is 37.3 Å². The largest absolute Gasteiger partial charge is 0.336 e. The van der Waals surface area contributed by atoms with Crippen molar-refractivity contribution in [1.29, 1.82) is 0 Å². The summed E-state index contributed by atoms with van der Waals surface area (Å²) in [5.41, 5.74) is 3.23. The Hall–Kier alpha value is -1.95. The van der Waals surface area contributed by atoms with Crippen LogP contribution in [0.2, 0.25) is 5.02 Å². The summed E-state index contributed by atoms with van der Waals surface area (Å²) in [5, 5.41) is 0.409. The van der Waals surface area contributed by atoms with E-state index in [1.165, 1.54) is 17.7 Å². The van der Waals surface area contributed by atoms with Crippen molar-refractivity contribution in [1.82, 2.24) is 14.7 Å². The molecule has 0 radical (unpaired) electrons. The fraction of sp³-hybridized carbons (Fsp3) is 0.409. The highest BCUT2D eigenvalue weighted by atomic mass is 35.5. The molecule has 0 aromatic heterocycles. The number of carbonyl (C=O) groups is 1. The first kappa shape index (κ1) is 19.4. The van der Waals surface area contributed by atoms with E-state index in [1.807, 2.05) is 4.90 Å². The molecular weight excluding hydrogens is 377 g/mol. The maximum atomic E-state index is 13.6. The minimum Gasteiger partial charge on any atom is -0.336 e. The van der Waals surface area contributed by atoms with Crippen LogP contribution in [0.3, 0.4) is 0 Å². The van der Waals surface area contributed by atoms with Crippen molar-refractivity contribution in [2.24, 2.45) is 0 Å². The lowest BCUT2D eigenvalue weighted by Crippen LogP contribution is -2.64. The molecule has 0 saturated carbocycles. The van der Waals surface area contributed by atoms with Gasteiger partial charge in [0.25, 0.3) is 0 Å². The molecule has 2 heterocycles. The molecule has 0 spiro atoms. The molecule has 2 fully saturated rings. The highest BCUT2D eigenvalue weighted by molar-refractivity contribution is 6.30. The monoisotopic (exact) mass is 401 g/mol. The van der Waals surface area contributed by atoms with Crippen molar-refractivity contribution in [3.63, 3.8) is 0 Å². The number of piperazine rings is 2. The summed E-state index contributed by atoms with van der Waals surface area (Å²) in [6.07, 6.45) is 0. The third-order valence-electron chi connectivity index (χ3n) is 5.65. The van der Waals surface area contributed by atoms with E-state index in [-0.39, 0.29) is 17.8 Å². The molecule has 0 aliphatic carbocycles. The molecule has 6 heteroatoms. The average Bonchev–Trinajstić information content (AvgIpc) is 2.65. The van der Waals surface area contributed by atoms with Crippen LogP contribution in [-0.4, -0.2) is 59.4 Å². The summed E-state index contributed by atoms with van der Waals surface area (Å²) >= 11 is 5.98. The fourth-order valence-electron chi connectivity index (χ4n) is 4.12. The Morgan fingerprint density at radius 1 is 1.00 bits per heavy atom. The molecule has 2 aromatic carbocycles. The van der Waals surface area contributed by atoms with Crippen LogP contribution >= 0.6 is 11.6 Å². The van der Waals surface area contributed by atoms with Crippen molar-refractivity contribution in [3.05, 3.63) is 70.0 Å². The summed E-state index contributed by atoms with van der Waals surface area (Å²) in [5.74, 6) is -0.132. The van der Waals surface area contributed by atoms with E-state index in [0.29, 0.717) is 24.7 Å². The van der Waals surface area contributed by atoms with Crippen molar-refractivity contribution in [3.8, 4) is 0 Å². The van der Waals surface area contributed by atoms with Crippen molar-refractivity contribution < 1.29 is 9.18 Å². The Morgan fingerprint density at radius 2 is 1.75 bits per heavy atom. The molecule has 1 atom stereocenters. The number of fused-ring (bicyclic) bond motifs is 1. The van der Waals surface area contributed by atoms with E-state index in [2.05, 4.69) is 41.0 Å². The zero-order valence-electron chi connectivity index (χ0n) is 16.1. The van der Waals surface area contributed by atoms with Gasteiger partial charge in [0.2, 0.25) is 5.91 Å². The quantitative estimate of drug-likeness (QED) is 0.786. The van der Waals surface area contributed by atoms with Gasteiger partial charge in [-0.05, 0) is 36.2 Å². The van der Waals surface area contributed by atoms with Gasteiger partial charge in [-0.15, -0.1) is 0 Å². The van der Waals surface area contributed by atoms with Gasteiger partial charge < -0.3 is 4.90 Å². The molecule has 4 nitrogen and oxygen atoms in total. The van der Waals surface area contributed by atoms with Gasteiger partial charge in [0.1, 0.15) is 11.9 Å². The molecule has 2 aliphatic rings. The lowest BCUT2D eigenvalue weighted by Gasteiger charge is -2.46. The predicted octanol–water partition coefficient (Wildman–Crippen LogP) is 3.32. The van der Waals surface area contributed by atoms with Gasteiger partial charge in [-0.3, -0.25) is 14.6 Å². The van der Waals surface area contributed by atoms with Gasteiger partial charge in [-0.25, -0.2) is 4.39 Å². The van der Waals surface area contributed by atoms with E-state index in [9.17, 15) is 9.18 Å². The van der Waals surface area contributed by atoms with Crippen LogP contribution < -0.4 is 0 Å². The summed E-state index contributed by atoms with van der Waals surface area (Å²) in [6.45, 7) is 7.39. The first-order valence-electron chi connectivity index (χ1n) is 9.73. The molecule has 2 aliphatic heterocycles. The van der Waals surface area contributed by atoms with Crippen LogP contribution in [0.25, 0.3) is 0 Å². The second kappa shape index (κ2) is 8.19. The molecule has 4 rings (SSSR count). The Bertz CT molecular complexity index is 837. The van der Waals surface area contributed by atoms with E-state index < -0.39 is 0 Å². The number of hydrogen-bond acceptors (Lipinski definition) is 3. The predicted molar refractivity (Wildman–Crippen MR) is 109 cm³/mol. The van der Waals surface area contributed by atoms with Crippen LogP contribution in [-0.2, 0) is 17.9 Å². The third kappa shape index (κ3) is 4.37. The normalized spacial score (nSPS) is 21.0. The van der Waals surface area contributed by atoms with Gasteiger partial charge in [-0.2, -0.15) is 0 Å². The van der Waals surface area contributed by atoms with Gasteiger partial charge in [0, 0.05) is 50.8 Å². The number of rotatable bonds is 4. The first-order valence-corrected chi connectivity index (χ1v) is 10.1. The van der Waals surface area contributed by atoms with E-state index >= 15 is 0 Å². The number of nitrogens with zero attached hydrogens (tertiary/aromatic N) is 3. The summed E-state index contributed by atoms with van der Waals surface area (Å²) in [6, 6.07) is 12.9. The minimum atomic E-state index is -0.320. The minimum absolute atomic E-state index is 0.128. The second-order valence-corrected chi connectivity index (χ2v) is 8.25. The Balaban J connectivity index is 1.42. The third-order valence-corrected chi connectivity index (χ3v) is 5.87. The average molecular weight is 402 g/mol. The topological polar surface area (TPSA) is 26.8 Å². The molecule has 148 valence electrons. The number of benzene rings is 2. The summed E-state index contributed by atoms with van der Waals surface area (Å²) in [7, 11) is 0. The highest BCUT2D eigenvalue weighted by Crippen LogP contribution is 2.22. The zero-order chi connectivity index (χ0) is 19.7. The number of halogens is 2. The molecule has 0 bridgehead atoms. The summed E-state index contributed by atoms with van der Waals surface area (Å²) in [4.78, 5) is 19.6. The van der Waals surface area contributed by atoms with Crippen LogP contribution in [0.15, 0.2) is 42.5 Å². The van der Waals surface area contributed by atoms with Crippen molar-refractivity contribution in [2.75, 3.05) is 32.7 Å². The molecule has 2 saturated heterocycles. The number of aryl methyl sites for hydroxylation is 1. The Kier molecular flexibility index (Phi) is 5.67. The second-order valence-electron chi connectivity index (χ2n) is 7.81. The van der Waals surface area contributed by atoms with Crippen LogP contribution in [0, 0.1) is 12.7 Å². The fourth-order valence-corrected chi connectivity index (χ4v) is 4.37. The maximum absolute atomic E-state index is 13.6. The van der Waals surface area contributed by atoms with Gasteiger partial charge >= 0.3 is 0 Å². The Labute approximate surface area is 170 Å². The number of carbonyl (C=O) groups excluding carboxylic acids is 1. The smallest absolute Gasteiger partial charge is 0.241 e. The Morgan fingerprint density at radius 3 is 2.50 bits per heavy atom. The summed E-state index contributed by atoms with van der Waals surface area (Å²) < 4.78 is 13.6. The van der Waals surface area contributed by atoms with E-state index in [1.54, 1.807) is 6.07 Å². The lowest BCUT2D eigenvalue weighted by atomic mass is 10.0. The number of amides is 1. The maximum Gasteiger partial charge on any atom is 0.241 e. The van der Waals surface area contributed by atoms with Crippen molar-refractivity contribution >= 4 is 17.5 Å². The van der Waals surface area contributed by atoms with E-state index in [4.69, 9.17) is 11.6 Å². The zero-order valence-corrected chi connectivity index (χ0v) is 16.8. The first-order chi connectivity index (χ1) is 13.5. The molecule has 0 N–H and O–H groups in total. The van der Waals surface area contributed by atoms with Gasteiger partial charge in [-0.1, -0.05) is 41.4 Å². The lowest BCUT2D eigenvalue weighted by molar-refractivity contribution is -0.146. The molecule has 28 heavy (non-hydrogen) atoms. The van der Waals surface area contributed by atoms with Crippen LogP contribution in [0.4, 0.5) is 4.39 Å². The molecular formula is C22H25ClFN3O. The van der Waals surface area contributed by atoms with Gasteiger partial charge in [0.05, 0.1) is 0 Å². The molecule has 2 aromatic rings. The van der Waals surface area contributed by atoms with Crippen molar-refractivity contribution in [2.45, 2.75) is 26.1 Å². The molecule has 1 unspecified atom stereocenters. The van der Waals surface area contributed by atoms with Crippen LogP contribution in [0.5, 0.6) is 0 Å². The number of hydrogen-bond donors (Lipinski definition) is 0. The molecule has 1 amide bonds. The highest BCUT2D eigenvalue weighted by Gasteiger charge is 2.38. The SMILES string of the molecule is Cc1ccc(CN2CCN3CCN(Cc4cc(F)cc(Cl)c4)CC3C2=O)cc1. The van der Waals surface area contributed by atoms with Gasteiger partial charge in [0.15, 0.2) is 0 Å². The standard InChI is InChI=1S/C22H25ClFN3O/c1-16-2-4-17(5-3-16)14-27-9-8-26-7-6-25(15-21(26)22(27)28)13-18-10-19(23)12-20(24)11-18/h2-5,10-12,21H,6-9,13-15H2,1H3. The van der Waals surface area contributed by atoms with Crippen LogP contribution in [0.1, 0.15) is 16.7 Å².